The minimum atomic E-state index is 0.578. The number of aryl methyl sites for hydroxylation is 1. The molecule has 2 heterocycles. The molecule has 1 atom stereocenters. The van der Waals surface area contributed by atoms with Gasteiger partial charge in [0.2, 0.25) is 0 Å². The molecular weight excluding hydrogens is 342 g/mol. The summed E-state index contributed by atoms with van der Waals surface area (Å²) in [5, 5.41) is 7.39. The second kappa shape index (κ2) is 9.50. The molecule has 0 spiro atoms. The summed E-state index contributed by atoms with van der Waals surface area (Å²) >= 11 is 0. The fourth-order valence-electron chi connectivity index (χ4n) is 3.23. The highest BCUT2D eigenvalue weighted by atomic mass is 16.5. The molecule has 27 heavy (non-hydrogen) atoms. The van der Waals surface area contributed by atoms with E-state index in [0.29, 0.717) is 11.8 Å². The van der Waals surface area contributed by atoms with Gasteiger partial charge in [-0.15, -0.1) is 0 Å². The minimum Gasteiger partial charge on any atom is -0.381 e. The average Bonchev–Trinajstić information content (AvgIpc) is 3.37. The molecule has 1 aromatic carbocycles. The SMILES string of the molecule is CCc1noc(-c2ccc(CCNC(=NC)N(C)CC3CCOC3)cc2)n1. The molecule has 0 aliphatic carbocycles. The van der Waals surface area contributed by atoms with Gasteiger partial charge in [-0.2, -0.15) is 4.98 Å². The van der Waals surface area contributed by atoms with E-state index in [1.165, 1.54) is 5.56 Å². The molecule has 7 nitrogen and oxygen atoms in total. The van der Waals surface area contributed by atoms with Crippen LogP contribution in [0.15, 0.2) is 33.8 Å². The summed E-state index contributed by atoms with van der Waals surface area (Å²) in [6.45, 7) is 5.55. The Labute approximate surface area is 160 Å². The van der Waals surface area contributed by atoms with E-state index in [2.05, 4.69) is 44.5 Å². The van der Waals surface area contributed by atoms with Gasteiger partial charge in [-0.05, 0) is 30.5 Å². The molecule has 1 saturated heterocycles. The lowest BCUT2D eigenvalue weighted by Gasteiger charge is -2.24. The quantitative estimate of drug-likeness (QED) is 0.595. The van der Waals surface area contributed by atoms with E-state index in [1.54, 1.807) is 0 Å². The Balaban J connectivity index is 1.47. The highest BCUT2D eigenvalue weighted by molar-refractivity contribution is 5.79. The van der Waals surface area contributed by atoms with Gasteiger partial charge >= 0.3 is 0 Å². The average molecular weight is 371 g/mol. The first-order valence-corrected chi connectivity index (χ1v) is 9.61. The summed E-state index contributed by atoms with van der Waals surface area (Å²) in [7, 11) is 3.91. The Bertz CT molecular complexity index is 735. The number of benzene rings is 1. The molecule has 7 heteroatoms. The monoisotopic (exact) mass is 371 g/mol. The first-order valence-electron chi connectivity index (χ1n) is 9.61. The molecule has 0 radical (unpaired) electrons. The lowest BCUT2D eigenvalue weighted by Crippen LogP contribution is -2.42. The fraction of sp³-hybridized carbons (Fsp3) is 0.550. The maximum absolute atomic E-state index is 5.46. The van der Waals surface area contributed by atoms with Crippen LogP contribution in [-0.2, 0) is 17.6 Å². The molecule has 1 aliphatic heterocycles. The van der Waals surface area contributed by atoms with Crippen molar-refractivity contribution in [2.24, 2.45) is 10.9 Å². The number of hydrogen-bond acceptors (Lipinski definition) is 5. The third-order valence-corrected chi connectivity index (χ3v) is 4.81. The van der Waals surface area contributed by atoms with Crippen LogP contribution in [0.25, 0.3) is 11.5 Å². The summed E-state index contributed by atoms with van der Waals surface area (Å²) in [5.41, 5.74) is 2.21. The number of nitrogens with zero attached hydrogens (tertiary/aromatic N) is 4. The van der Waals surface area contributed by atoms with Crippen LogP contribution in [-0.4, -0.2) is 61.4 Å². The van der Waals surface area contributed by atoms with Crippen LogP contribution in [0.1, 0.15) is 24.7 Å². The number of guanidine groups is 1. The van der Waals surface area contributed by atoms with Crippen molar-refractivity contribution in [2.45, 2.75) is 26.2 Å². The summed E-state index contributed by atoms with van der Waals surface area (Å²) in [4.78, 5) is 10.9. The van der Waals surface area contributed by atoms with Crippen molar-refractivity contribution in [3.63, 3.8) is 0 Å². The molecule has 146 valence electrons. The molecule has 0 saturated carbocycles. The number of hydrogen-bond donors (Lipinski definition) is 1. The Hall–Kier alpha value is -2.41. The van der Waals surface area contributed by atoms with Gasteiger partial charge in [0.25, 0.3) is 5.89 Å². The van der Waals surface area contributed by atoms with E-state index in [9.17, 15) is 0 Å². The van der Waals surface area contributed by atoms with E-state index >= 15 is 0 Å². The van der Waals surface area contributed by atoms with Crippen LogP contribution >= 0.6 is 0 Å². The zero-order valence-electron chi connectivity index (χ0n) is 16.4. The van der Waals surface area contributed by atoms with Gasteiger partial charge in [0.1, 0.15) is 0 Å². The van der Waals surface area contributed by atoms with Crippen molar-refractivity contribution >= 4 is 5.96 Å². The maximum atomic E-state index is 5.46. The Kier molecular flexibility index (Phi) is 6.81. The second-order valence-electron chi connectivity index (χ2n) is 6.90. The molecule has 0 amide bonds. The van der Waals surface area contributed by atoms with Crippen molar-refractivity contribution < 1.29 is 9.26 Å². The van der Waals surface area contributed by atoms with E-state index < -0.39 is 0 Å². The van der Waals surface area contributed by atoms with Crippen LogP contribution in [0.5, 0.6) is 0 Å². The minimum absolute atomic E-state index is 0.578. The van der Waals surface area contributed by atoms with Crippen molar-refractivity contribution in [1.82, 2.24) is 20.4 Å². The standard InChI is InChI=1S/C20H29N5O2/c1-4-18-23-19(27-24-18)17-7-5-15(6-8-17)9-11-22-20(21-2)25(3)13-16-10-12-26-14-16/h5-8,16H,4,9-14H2,1-3H3,(H,21,22). The summed E-state index contributed by atoms with van der Waals surface area (Å²) in [6, 6.07) is 8.27. The van der Waals surface area contributed by atoms with Crippen LogP contribution in [0.2, 0.25) is 0 Å². The molecule has 1 fully saturated rings. The van der Waals surface area contributed by atoms with Crippen molar-refractivity contribution in [3.8, 4) is 11.5 Å². The molecule has 1 aromatic heterocycles. The maximum Gasteiger partial charge on any atom is 0.257 e. The third kappa shape index (κ3) is 5.29. The van der Waals surface area contributed by atoms with Gasteiger partial charge in [-0.25, -0.2) is 0 Å². The molecule has 1 aliphatic rings. The van der Waals surface area contributed by atoms with E-state index in [-0.39, 0.29) is 0 Å². The van der Waals surface area contributed by atoms with E-state index in [4.69, 9.17) is 9.26 Å². The van der Waals surface area contributed by atoms with Crippen LogP contribution in [0.4, 0.5) is 0 Å². The Morgan fingerprint density at radius 1 is 1.33 bits per heavy atom. The van der Waals surface area contributed by atoms with Gasteiger partial charge in [0.05, 0.1) is 6.61 Å². The third-order valence-electron chi connectivity index (χ3n) is 4.81. The molecule has 1 unspecified atom stereocenters. The van der Waals surface area contributed by atoms with Gasteiger partial charge in [-0.3, -0.25) is 4.99 Å². The molecule has 3 rings (SSSR count). The van der Waals surface area contributed by atoms with Gasteiger partial charge in [-0.1, -0.05) is 24.2 Å². The molecule has 1 N–H and O–H groups in total. The molecule has 0 bridgehead atoms. The van der Waals surface area contributed by atoms with E-state index in [0.717, 1.165) is 62.9 Å². The molecule has 2 aromatic rings. The van der Waals surface area contributed by atoms with Crippen molar-refractivity contribution in [2.75, 3.05) is 40.4 Å². The first-order chi connectivity index (χ1) is 13.2. The topological polar surface area (TPSA) is 75.8 Å². The summed E-state index contributed by atoms with van der Waals surface area (Å²) < 4.78 is 10.7. The van der Waals surface area contributed by atoms with Gasteiger partial charge in [0.15, 0.2) is 11.8 Å². The molecular formula is C20H29N5O2. The van der Waals surface area contributed by atoms with E-state index in [1.807, 2.05) is 26.1 Å². The number of aliphatic imine (C=N–C) groups is 1. The fourth-order valence-corrected chi connectivity index (χ4v) is 3.23. The highest BCUT2D eigenvalue weighted by Crippen LogP contribution is 2.18. The van der Waals surface area contributed by atoms with Crippen molar-refractivity contribution in [3.05, 3.63) is 35.7 Å². The second-order valence-corrected chi connectivity index (χ2v) is 6.90. The predicted molar refractivity (Wildman–Crippen MR) is 106 cm³/mol. The lowest BCUT2D eigenvalue weighted by atomic mass is 10.1. The number of nitrogens with one attached hydrogen (secondary N) is 1. The first kappa shape index (κ1) is 19.4. The number of ether oxygens (including phenoxy) is 1. The van der Waals surface area contributed by atoms with Gasteiger partial charge < -0.3 is 19.5 Å². The van der Waals surface area contributed by atoms with Crippen LogP contribution in [0, 0.1) is 5.92 Å². The Morgan fingerprint density at radius 2 is 2.15 bits per heavy atom. The number of rotatable bonds is 7. The normalized spacial score (nSPS) is 17.3. The van der Waals surface area contributed by atoms with Crippen LogP contribution in [0.3, 0.4) is 0 Å². The zero-order valence-corrected chi connectivity index (χ0v) is 16.4. The lowest BCUT2D eigenvalue weighted by molar-refractivity contribution is 0.181. The summed E-state index contributed by atoms with van der Waals surface area (Å²) in [6.07, 6.45) is 2.83. The van der Waals surface area contributed by atoms with Gasteiger partial charge in [0, 0.05) is 51.7 Å². The predicted octanol–water partition coefficient (Wildman–Crippen LogP) is 2.39. The van der Waals surface area contributed by atoms with Crippen molar-refractivity contribution in [1.29, 1.82) is 0 Å². The van der Waals surface area contributed by atoms with Crippen LogP contribution < -0.4 is 5.32 Å². The zero-order chi connectivity index (χ0) is 19.1. The highest BCUT2D eigenvalue weighted by Gasteiger charge is 2.18. The Morgan fingerprint density at radius 3 is 2.78 bits per heavy atom. The largest absolute Gasteiger partial charge is 0.381 e. The number of aromatic nitrogens is 2. The summed E-state index contributed by atoms with van der Waals surface area (Å²) in [5.74, 6) is 2.84. The smallest absolute Gasteiger partial charge is 0.257 e.